The van der Waals surface area contributed by atoms with E-state index in [1.54, 1.807) is 0 Å². The molecule has 0 radical (unpaired) electrons. The summed E-state index contributed by atoms with van der Waals surface area (Å²) in [7, 11) is 0. The molecule has 0 bridgehead atoms. The molecule has 1 amide bonds. The predicted octanol–water partition coefficient (Wildman–Crippen LogP) is 0.625. The van der Waals surface area contributed by atoms with Crippen LogP contribution in [0.5, 0.6) is 0 Å². The third-order valence-electron chi connectivity index (χ3n) is 2.99. The van der Waals surface area contributed by atoms with Crippen LogP contribution in [0.4, 0.5) is 8.78 Å². The van der Waals surface area contributed by atoms with Crippen molar-refractivity contribution in [3.05, 3.63) is 35.4 Å². The molecule has 2 atom stereocenters. The molecule has 0 saturated carbocycles. The van der Waals surface area contributed by atoms with Crippen molar-refractivity contribution in [3.63, 3.8) is 0 Å². The predicted molar refractivity (Wildman–Crippen MR) is 59.4 cm³/mol. The van der Waals surface area contributed by atoms with E-state index in [9.17, 15) is 23.5 Å². The van der Waals surface area contributed by atoms with E-state index >= 15 is 0 Å². The van der Waals surface area contributed by atoms with Crippen LogP contribution >= 0.6 is 0 Å². The van der Waals surface area contributed by atoms with E-state index in [0.717, 1.165) is 17.0 Å². The minimum absolute atomic E-state index is 0.0786. The summed E-state index contributed by atoms with van der Waals surface area (Å²) in [5.74, 6) is -4.26. The highest BCUT2D eigenvalue weighted by Crippen LogP contribution is 2.21. The zero-order valence-electron chi connectivity index (χ0n) is 9.72. The van der Waals surface area contributed by atoms with Crippen molar-refractivity contribution in [3.8, 4) is 0 Å². The molecule has 2 N–H and O–H groups in total. The van der Waals surface area contributed by atoms with Gasteiger partial charge in [-0.05, 0) is 18.2 Å². The molecule has 1 aromatic rings. The fourth-order valence-corrected chi connectivity index (χ4v) is 2.07. The lowest BCUT2D eigenvalue weighted by molar-refractivity contribution is -0.141. The summed E-state index contributed by atoms with van der Waals surface area (Å²) in [6.07, 6.45) is -1.01. The molecule has 5 nitrogen and oxygen atoms in total. The van der Waals surface area contributed by atoms with Crippen molar-refractivity contribution >= 4 is 11.9 Å². The summed E-state index contributed by atoms with van der Waals surface area (Å²) >= 11 is 0. The second-order valence-electron chi connectivity index (χ2n) is 4.33. The fourth-order valence-electron chi connectivity index (χ4n) is 2.07. The van der Waals surface area contributed by atoms with Crippen molar-refractivity contribution < 1.29 is 28.6 Å². The van der Waals surface area contributed by atoms with E-state index in [2.05, 4.69) is 0 Å². The summed E-state index contributed by atoms with van der Waals surface area (Å²) in [5.41, 5.74) is -0.153. The lowest BCUT2D eigenvalue weighted by Crippen LogP contribution is -2.40. The summed E-state index contributed by atoms with van der Waals surface area (Å²) in [6.45, 7) is -0.144. The van der Waals surface area contributed by atoms with Gasteiger partial charge in [0, 0.05) is 18.5 Å². The molecule has 102 valence electrons. The number of hydrogen-bond donors (Lipinski definition) is 2. The Kier molecular flexibility index (Phi) is 3.48. The summed E-state index contributed by atoms with van der Waals surface area (Å²) < 4.78 is 25.8. The highest BCUT2D eigenvalue weighted by Gasteiger charge is 2.39. The summed E-state index contributed by atoms with van der Waals surface area (Å²) in [6, 6.07) is 1.42. The third-order valence-corrected chi connectivity index (χ3v) is 2.99. The van der Waals surface area contributed by atoms with Crippen LogP contribution in [0.1, 0.15) is 16.8 Å². The number of benzene rings is 1. The topological polar surface area (TPSA) is 77.8 Å². The highest BCUT2D eigenvalue weighted by atomic mass is 19.2. The SMILES string of the molecule is O=C(O)[C@@H]1C[C@H](O)CN1C(=O)c1ccc(F)c(F)c1. The Bertz CT molecular complexity index is 534. The number of carbonyl (C=O) groups is 2. The van der Waals surface area contributed by atoms with Crippen molar-refractivity contribution in [2.75, 3.05) is 6.54 Å². The van der Waals surface area contributed by atoms with E-state index < -0.39 is 35.7 Å². The Balaban J connectivity index is 2.27. The first-order valence-electron chi connectivity index (χ1n) is 5.57. The molecule has 1 heterocycles. The van der Waals surface area contributed by atoms with Crippen LogP contribution < -0.4 is 0 Å². The van der Waals surface area contributed by atoms with Gasteiger partial charge in [0.05, 0.1) is 6.10 Å². The molecule has 0 aliphatic carbocycles. The monoisotopic (exact) mass is 271 g/mol. The number of carbonyl (C=O) groups excluding carboxylic acids is 1. The number of nitrogens with zero attached hydrogens (tertiary/aromatic N) is 1. The first kappa shape index (κ1) is 13.4. The number of β-amino-alcohol motifs (C(OH)–C–C–N with tert-alkyl or cyclic N) is 1. The molecule has 7 heteroatoms. The van der Waals surface area contributed by atoms with Crippen LogP contribution in [0.2, 0.25) is 0 Å². The summed E-state index contributed by atoms with van der Waals surface area (Å²) in [5, 5.41) is 18.4. The zero-order chi connectivity index (χ0) is 14.2. The number of likely N-dealkylation sites (tertiary alicyclic amines) is 1. The molecule has 2 rings (SSSR count). The second-order valence-corrected chi connectivity index (χ2v) is 4.33. The molecule has 0 spiro atoms. The largest absolute Gasteiger partial charge is 0.480 e. The number of aliphatic hydroxyl groups excluding tert-OH is 1. The third kappa shape index (κ3) is 2.55. The van der Waals surface area contributed by atoms with Crippen LogP contribution in [-0.2, 0) is 4.79 Å². The lowest BCUT2D eigenvalue weighted by Gasteiger charge is -2.21. The van der Waals surface area contributed by atoms with E-state index in [-0.39, 0.29) is 18.5 Å². The number of aliphatic carboxylic acids is 1. The van der Waals surface area contributed by atoms with Crippen molar-refractivity contribution in [2.45, 2.75) is 18.6 Å². The van der Waals surface area contributed by atoms with Crippen molar-refractivity contribution in [1.82, 2.24) is 4.90 Å². The lowest BCUT2D eigenvalue weighted by atomic mass is 10.1. The number of carboxylic acids is 1. The summed E-state index contributed by atoms with van der Waals surface area (Å²) in [4.78, 5) is 24.0. The molecular formula is C12H11F2NO4. The van der Waals surface area contributed by atoms with Crippen LogP contribution in [-0.4, -0.2) is 45.7 Å². The van der Waals surface area contributed by atoms with E-state index in [1.165, 1.54) is 0 Å². The maximum Gasteiger partial charge on any atom is 0.326 e. The smallest absolute Gasteiger partial charge is 0.326 e. The van der Waals surface area contributed by atoms with Gasteiger partial charge in [-0.2, -0.15) is 0 Å². The van der Waals surface area contributed by atoms with E-state index in [0.29, 0.717) is 6.07 Å². The quantitative estimate of drug-likeness (QED) is 0.826. The molecule has 0 unspecified atom stereocenters. The van der Waals surface area contributed by atoms with Gasteiger partial charge >= 0.3 is 5.97 Å². The molecule has 1 aromatic carbocycles. The molecule has 0 aromatic heterocycles. The van der Waals surface area contributed by atoms with E-state index in [1.807, 2.05) is 0 Å². The standard InChI is InChI=1S/C12H11F2NO4/c13-8-2-1-6(3-9(8)14)11(17)15-5-7(16)4-10(15)12(18)19/h1-3,7,10,16H,4-5H2,(H,18,19)/t7-,10-/m0/s1. The first-order chi connectivity index (χ1) is 8.90. The van der Waals surface area contributed by atoms with Gasteiger partial charge in [0.15, 0.2) is 11.6 Å². The number of amides is 1. The van der Waals surface area contributed by atoms with Crippen molar-refractivity contribution in [1.29, 1.82) is 0 Å². The Morgan fingerprint density at radius 3 is 2.53 bits per heavy atom. The minimum atomic E-state index is -1.24. The van der Waals surface area contributed by atoms with Gasteiger partial charge in [-0.1, -0.05) is 0 Å². The fraction of sp³-hybridized carbons (Fsp3) is 0.333. The Labute approximate surface area is 107 Å². The number of carboxylic acid groups (broad SMARTS) is 1. The van der Waals surface area contributed by atoms with Crippen LogP contribution in [0.15, 0.2) is 18.2 Å². The van der Waals surface area contributed by atoms with Crippen LogP contribution in [0.25, 0.3) is 0 Å². The highest BCUT2D eigenvalue weighted by molar-refractivity contribution is 5.97. The molecule has 1 fully saturated rings. The van der Waals surface area contributed by atoms with Gasteiger partial charge < -0.3 is 15.1 Å². The first-order valence-corrected chi connectivity index (χ1v) is 5.57. The van der Waals surface area contributed by atoms with Crippen LogP contribution in [0.3, 0.4) is 0 Å². The van der Waals surface area contributed by atoms with Gasteiger partial charge in [0.25, 0.3) is 5.91 Å². The maximum absolute atomic E-state index is 13.0. The molecule has 1 aliphatic rings. The normalized spacial score (nSPS) is 22.6. The molecular weight excluding hydrogens is 260 g/mol. The Morgan fingerprint density at radius 1 is 1.26 bits per heavy atom. The number of hydrogen-bond acceptors (Lipinski definition) is 3. The number of halogens is 2. The average molecular weight is 271 g/mol. The second kappa shape index (κ2) is 4.93. The molecule has 1 aliphatic heterocycles. The van der Waals surface area contributed by atoms with Gasteiger partial charge in [-0.25, -0.2) is 13.6 Å². The van der Waals surface area contributed by atoms with Gasteiger partial charge in [0.1, 0.15) is 6.04 Å². The van der Waals surface area contributed by atoms with Crippen LogP contribution in [0, 0.1) is 11.6 Å². The van der Waals surface area contributed by atoms with Gasteiger partial charge in [-0.3, -0.25) is 4.79 Å². The maximum atomic E-state index is 13.0. The van der Waals surface area contributed by atoms with Gasteiger partial charge in [0.2, 0.25) is 0 Å². The molecule has 1 saturated heterocycles. The zero-order valence-corrected chi connectivity index (χ0v) is 9.72. The number of aliphatic hydroxyl groups is 1. The number of rotatable bonds is 2. The molecule has 19 heavy (non-hydrogen) atoms. The van der Waals surface area contributed by atoms with Gasteiger partial charge in [-0.15, -0.1) is 0 Å². The van der Waals surface area contributed by atoms with E-state index in [4.69, 9.17) is 5.11 Å². The minimum Gasteiger partial charge on any atom is -0.480 e. The Hall–Kier alpha value is -2.02. The Morgan fingerprint density at radius 2 is 1.95 bits per heavy atom. The van der Waals surface area contributed by atoms with Crippen molar-refractivity contribution in [2.24, 2.45) is 0 Å². The average Bonchev–Trinajstić information content (AvgIpc) is 2.74.